The van der Waals surface area contributed by atoms with Gasteiger partial charge < -0.3 is 14.4 Å². The lowest BCUT2D eigenvalue weighted by atomic mass is 10.2. The number of carbonyl (C=O) groups is 1. The third kappa shape index (κ3) is 2.83. The molecule has 0 aliphatic heterocycles. The van der Waals surface area contributed by atoms with Crippen LogP contribution in [0.2, 0.25) is 0 Å². The second kappa shape index (κ2) is 5.58. The van der Waals surface area contributed by atoms with E-state index in [1.54, 1.807) is 12.1 Å². The lowest BCUT2D eigenvalue weighted by molar-refractivity contribution is -0.143. The average molecular weight is 247 g/mol. The van der Waals surface area contributed by atoms with Crippen molar-refractivity contribution in [3.63, 3.8) is 0 Å². The predicted molar refractivity (Wildman–Crippen MR) is 69.5 cm³/mol. The second-order valence-corrected chi connectivity index (χ2v) is 4.16. The quantitative estimate of drug-likeness (QED) is 0.826. The van der Waals surface area contributed by atoms with E-state index in [2.05, 4.69) is 4.57 Å². The Morgan fingerprint density at radius 1 is 1.39 bits per heavy atom. The van der Waals surface area contributed by atoms with Crippen LogP contribution in [0.1, 0.15) is 19.8 Å². The van der Waals surface area contributed by atoms with E-state index in [-0.39, 0.29) is 11.7 Å². The Morgan fingerprint density at radius 2 is 2.22 bits per heavy atom. The summed E-state index contributed by atoms with van der Waals surface area (Å²) in [4.78, 5) is 11.2. The zero-order valence-corrected chi connectivity index (χ0v) is 10.4. The number of aromatic nitrogens is 1. The van der Waals surface area contributed by atoms with Crippen LogP contribution in [0.4, 0.5) is 0 Å². The summed E-state index contributed by atoms with van der Waals surface area (Å²) in [5.74, 6) is 0.123. The zero-order chi connectivity index (χ0) is 13.0. The monoisotopic (exact) mass is 247 g/mol. The van der Waals surface area contributed by atoms with Gasteiger partial charge in [-0.15, -0.1) is 0 Å². The smallest absolute Gasteiger partial charge is 0.305 e. The number of nitrogens with zero attached hydrogens (tertiary/aromatic N) is 1. The van der Waals surface area contributed by atoms with Gasteiger partial charge in [0.1, 0.15) is 5.75 Å². The second-order valence-electron chi connectivity index (χ2n) is 4.16. The molecule has 0 atom stereocenters. The first-order valence-electron chi connectivity index (χ1n) is 6.14. The molecule has 0 aliphatic carbocycles. The summed E-state index contributed by atoms with van der Waals surface area (Å²) in [6, 6.07) is 7.25. The van der Waals surface area contributed by atoms with Gasteiger partial charge in [-0.3, -0.25) is 4.79 Å². The maximum absolute atomic E-state index is 11.2. The molecule has 18 heavy (non-hydrogen) atoms. The number of phenolic OH excluding ortho intramolecular Hbond substituents is 1. The lowest BCUT2D eigenvalue weighted by Gasteiger charge is -2.05. The van der Waals surface area contributed by atoms with Gasteiger partial charge in [0, 0.05) is 30.1 Å². The summed E-state index contributed by atoms with van der Waals surface area (Å²) in [5.41, 5.74) is 1.07. The highest BCUT2D eigenvalue weighted by atomic mass is 16.5. The molecule has 0 fully saturated rings. The molecule has 4 nitrogen and oxygen atoms in total. The van der Waals surface area contributed by atoms with E-state index in [0.717, 1.165) is 23.9 Å². The first-order valence-corrected chi connectivity index (χ1v) is 6.14. The fourth-order valence-electron chi connectivity index (χ4n) is 2.01. The van der Waals surface area contributed by atoms with Gasteiger partial charge in [-0.05, 0) is 37.6 Å². The number of hydrogen-bond acceptors (Lipinski definition) is 3. The minimum absolute atomic E-state index is 0.147. The van der Waals surface area contributed by atoms with E-state index in [1.807, 2.05) is 25.3 Å². The fraction of sp³-hybridized carbons (Fsp3) is 0.357. The van der Waals surface area contributed by atoms with Crippen molar-refractivity contribution in [2.24, 2.45) is 0 Å². The molecule has 2 rings (SSSR count). The van der Waals surface area contributed by atoms with Crippen LogP contribution in [-0.4, -0.2) is 22.2 Å². The summed E-state index contributed by atoms with van der Waals surface area (Å²) in [6.45, 7) is 3.02. The van der Waals surface area contributed by atoms with Crippen molar-refractivity contribution in [2.75, 3.05) is 6.61 Å². The van der Waals surface area contributed by atoms with Gasteiger partial charge >= 0.3 is 5.97 Å². The first kappa shape index (κ1) is 12.5. The van der Waals surface area contributed by atoms with E-state index in [0.29, 0.717) is 13.0 Å². The molecule has 1 N–H and O–H groups in total. The Morgan fingerprint density at radius 3 is 3.00 bits per heavy atom. The Labute approximate surface area is 106 Å². The molecule has 4 heteroatoms. The molecule has 0 aliphatic rings. The third-order valence-corrected chi connectivity index (χ3v) is 2.84. The molecule has 0 bridgehead atoms. The highest BCUT2D eigenvalue weighted by molar-refractivity contribution is 5.81. The van der Waals surface area contributed by atoms with E-state index in [9.17, 15) is 9.90 Å². The van der Waals surface area contributed by atoms with E-state index < -0.39 is 0 Å². The molecule has 0 unspecified atom stereocenters. The standard InChI is InChI=1S/C14H17NO3/c1-2-18-14(17)4-3-8-15-9-7-11-10-12(16)5-6-13(11)15/h5-7,9-10,16H,2-4,8H2,1H3. The zero-order valence-electron chi connectivity index (χ0n) is 10.4. The minimum atomic E-state index is -0.147. The molecular weight excluding hydrogens is 230 g/mol. The molecule has 1 aromatic heterocycles. The minimum Gasteiger partial charge on any atom is -0.508 e. The van der Waals surface area contributed by atoms with E-state index >= 15 is 0 Å². The van der Waals surface area contributed by atoms with E-state index in [1.165, 1.54) is 0 Å². The van der Waals surface area contributed by atoms with Gasteiger partial charge in [0.05, 0.1) is 6.61 Å². The summed E-state index contributed by atoms with van der Waals surface area (Å²) >= 11 is 0. The van der Waals surface area contributed by atoms with Crippen LogP contribution in [0.15, 0.2) is 30.5 Å². The maximum Gasteiger partial charge on any atom is 0.305 e. The number of benzene rings is 1. The van der Waals surface area contributed by atoms with Crippen LogP contribution in [0, 0.1) is 0 Å². The molecule has 0 saturated carbocycles. The van der Waals surface area contributed by atoms with Gasteiger partial charge in [-0.1, -0.05) is 0 Å². The van der Waals surface area contributed by atoms with Crippen LogP contribution >= 0.6 is 0 Å². The third-order valence-electron chi connectivity index (χ3n) is 2.84. The molecule has 0 spiro atoms. The predicted octanol–water partition coefficient (Wildman–Crippen LogP) is 2.69. The number of esters is 1. The topological polar surface area (TPSA) is 51.5 Å². The largest absolute Gasteiger partial charge is 0.508 e. The first-order chi connectivity index (χ1) is 8.70. The number of carbonyl (C=O) groups excluding carboxylic acids is 1. The number of ether oxygens (including phenoxy) is 1. The lowest BCUT2D eigenvalue weighted by Crippen LogP contribution is -2.05. The van der Waals surface area contributed by atoms with E-state index in [4.69, 9.17) is 4.74 Å². The SMILES string of the molecule is CCOC(=O)CCCn1ccc2cc(O)ccc21. The Bertz CT molecular complexity index is 545. The van der Waals surface area contributed by atoms with Crippen LogP contribution < -0.4 is 0 Å². The number of fused-ring (bicyclic) bond motifs is 1. The van der Waals surface area contributed by atoms with Crippen LogP contribution in [0.25, 0.3) is 10.9 Å². The van der Waals surface area contributed by atoms with Gasteiger partial charge in [0.2, 0.25) is 0 Å². The van der Waals surface area contributed by atoms with Crippen molar-refractivity contribution < 1.29 is 14.6 Å². The van der Waals surface area contributed by atoms with Crippen LogP contribution in [0.3, 0.4) is 0 Å². The summed E-state index contributed by atoms with van der Waals surface area (Å²) < 4.78 is 6.96. The Kier molecular flexibility index (Phi) is 3.87. The number of aryl methyl sites for hydroxylation is 1. The number of hydrogen-bond donors (Lipinski definition) is 1. The molecular formula is C14H17NO3. The van der Waals surface area contributed by atoms with Gasteiger partial charge in [-0.25, -0.2) is 0 Å². The number of phenols is 1. The molecule has 1 heterocycles. The van der Waals surface area contributed by atoms with Crippen molar-refractivity contribution in [3.05, 3.63) is 30.5 Å². The molecule has 0 saturated heterocycles. The summed E-state index contributed by atoms with van der Waals surface area (Å²) in [5, 5.41) is 10.4. The molecule has 0 amide bonds. The van der Waals surface area contributed by atoms with Crippen molar-refractivity contribution in [1.29, 1.82) is 0 Å². The average Bonchev–Trinajstić information content (AvgIpc) is 2.72. The molecule has 2 aromatic rings. The molecule has 0 radical (unpaired) electrons. The maximum atomic E-state index is 11.2. The Balaban J connectivity index is 1.98. The van der Waals surface area contributed by atoms with Crippen molar-refractivity contribution in [1.82, 2.24) is 4.57 Å². The normalized spacial score (nSPS) is 10.7. The summed E-state index contributed by atoms with van der Waals surface area (Å²) in [6.07, 6.45) is 3.16. The van der Waals surface area contributed by atoms with Gasteiger partial charge in [0.15, 0.2) is 0 Å². The number of rotatable bonds is 5. The highest BCUT2D eigenvalue weighted by Crippen LogP contribution is 2.21. The molecule has 1 aromatic carbocycles. The van der Waals surface area contributed by atoms with Crippen molar-refractivity contribution >= 4 is 16.9 Å². The molecule has 96 valence electrons. The number of aromatic hydroxyl groups is 1. The van der Waals surface area contributed by atoms with Crippen LogP contribution in [0.5, 0.6) is 5.75 Å². The van der Waals surface area contributed by atoms with Crippen molar-refractivity contribution in [2.45, 2.75) is 26.3 Å². The summed E-state index contributed by atoms with van der Waals surface area (Å²) in [7, 11) is 0. The van der Waals surface area contributed by atoms with Gasteiger partial charge in [-0.2, -0.15) is 0 Å². The van der Waals surface area contributed by atoms with Crippen LogP contribution in [-0.2, 0) is 16.1 Å². The van der Waals surface area contributed by atoms with Gasteiger partial charge in [0.25, 0.3) is 0 Å². The Hall–Kier alpha value is -1.97. The fourth-order valence-corrected chi connectivity index (χ4v) is 2.01. The highest BCUT2D eigenvalue weighted by Gasteiger charge is 2.04. The van der Waals surface area contributed by atoms with Crippen molar-refractivity contribution in [3.8, 4) is 5.75 Å².